The first-order valence-electron chi connectivity index (χ1n) is 6.51. The molecule has 1 aromatic rings. The van der Waals surface area contributed by atoms with Crippen LogP contribution in [0.5, 0.6) is 0 Å². The van der Waals surface area contributed by atoms with E-state index in [1.165, 1.54) is 31.0 Å². The minimum Gasteiger partial charge on any atom is -0.351 e. The van der Waals surface area contributed by atoms with Crippen LogP contribution in [0.4, 0.5) is 0 Å². The number of nitrogens with zero attached hydrogens (tertiary/aromatic N) is 3. The summed E-state index contributed by atoms with van der Waals surface area (Å²) in [6.45, 7) is 3.96. The lowest BCUT2D eigenvalue weighted by Gasteiger charge is -2.27. The predicted octanol–water partition coefficient (Wildman–Crippen LogP) is 2.17. The van der Waals surface area contributed by atoms with Gasteiger partial charge in [-0.05, 0) is 44.0 Å². The summed E-state index contributed by atoms with van der Waals surface area (Å²) in [6, 6.07) is 0. The number of aromatic amines is 1. The summed E-state index contributed by atoms with van der Waals surface area (Å²) in [5, 5.41) is 0.851. The van der Waals surface area contributed by atoms with E-state index in [1.807, 2.05) is 13.0 Å². The van der Waals surface area contributed by atoms with E-state index in [0.717, 1.165) is 29.6 Å². The van der Waals surface area contributed by atoms with Crippen LogP contribution in [0.15, 0.2) is 16.2 Å². The lowest BCUT2D eigenvalue weighted by atomic mass is 10.1. The molecule has 1 fully saturated rings. The van der Waals surface area contributed by atoms with Crippen LogP contribution in [0.25, 0.3) is 6.08 Å². The molecule has 0 radical (unpaired) electrons. The Morgan fingerprint density at radius 2 is 2.16 bits per heavy atom. The van der Waals surface area contributed by atoms with Gasteiger partial charge in [0.25, 0.3) is 5.91 Å². The summed E-state index contributed by atoms with van der Waals surface area (Å²) in [5.74, 6) is -0.145. The summed E-state index contributed by atoms with van der Waals surface area (Å²) in [7, 11) is 0. The van der Waals surface area contributed by atoms with Gasteiger partial charge >= 0.3 is 0 Å². The van der Waals surface area contributed by atoms with Crippen LogP contribution in [-0.4, -0.2) is 39.0 Å². The third-order valence-corrected chi connectivity index (χ3v) is 4.42. The average Bonchev–Trinajstić information content (AvgIpc) is 2.99. The van der Waals surface area contributed by atoms with Crippen LogP contribution in [0, 0.1) is 6.92 Å². The predicted molar refractivity (Wildman–Crippen MR) is 76.8 cm³/mol. The lowest BCUT2D eigenvalue weighted by Crippen LogP contribution is -2.33. The third-order valence-electron chi connectivity index (χ3n) is 3.37. The van der Waals surface area contributed by atoms with Gasteiger partial charge in [0.1, 0.15) is 0 Å². The Morgan fingerprint density at radius 3 is 2.84 bits per heavy atom. The number of nitrogens with one attached hydrogen (secondary N) is 1. The maximum atomic E-state index is 11.9. The number of amidine groups is 1. The van der Waals surface area contributed by atoms with Crippen LogP contribution in [0.3, 0.4) is 0 Å². The number of carbonyl (C=O) groups excluding carboxylic acids is 1. The lowest BCUT2D eigenvalue weighted by molar-refractivity contribution is -0.113. The number of amides is 1. The molecule has 0 atom stereocenters. The standard InChI is InChI=1S/C13H16N4OS/c1-9-10(15-8-14-9)7-11-12(18)16-13(19-11)17-5-3-2-4-6-17/h7-8H,2-6H2,1H3,(H,14,15)/b11-7-. The highest BCUT2D eigenvalue weighted by Gasteiger charge is 2.27. The van der Waals surface area contributed by atoms with Gasteiger partial charge in [-0.2, -0.15) is 4.99 Å². The Hall–Kier alpha value is -1.56. The number of aliphatic imine (C=N–C) groups is 1. The van der Waals surface area contributed by atoms with Gasteiger partial charge in [0.15, 0.2) is 5.17 Å². The zero-order valence-electron chi connectivity index (χ0n) is 10.8. The molecule has 0 bridgehead atoms. The van der Waals surface area contributed by atoms with E-state index in [4.69, 9.17) is 0 Å². The zero-order chi connectivity index (χ0) is 13.2. The van der Waals surface area contributed by atoms with Crippen LogP contribution >= 0.6 is 11.8 Å². The molecule has 6 heteroatoms. The van der Waals surface area contributed by atoms with Gasteiger partial charge in [0.2, 0.25) is 0 Å². The highest BCUT2D eigenvalue weighted by molar-refractivity contribution is 8.18. The fourth-order valence-corrected chi connectivity index (χ4v) is 3.20. The van der Waals surface area contributed by atoms with Crippen molar-refractivity contribution in [2.24, 2.45) is 4.99 Å². The van der Waals surface area contributed by atoms with Crippen molar-refractivity contribution in [3.8, 4) is 0 Å². The van der Waals surface area contributed by atoms with Crippen LogP contribution in [0.2, 0.25) is 0 Å². The molecule has 0 unspecified atom stereocenters. The van der Waals surface area contributed by atoms with E-state index < -0.39 is 0 Å². The largest absolute Gasteiger partial charge is 0.351 e. The Balaban J connectivity index is 1.76. The number of aromatic nitrogens is 2. The monoisotopic (exact) mass is 276 g/mol. The molecule has 3 heterocycles. The summed E-state index contributed by atoms with van der Waals surface area (Å²) in [5.41, 5.74) is 1.78. The quantitative estimate of drug-likeness (QED) is 0.799. The molecule has 3 rings (SSSR count). The molecule has 5 nitrogen and oxygen atoms in total. The summed E-state index contributed by atoms with van der Waals surface area (Å²) >= 11 is 1.47. The molecule has 19 heavy (non-hydrogen) atoms. The minimum absolute atomic E-state index is 0.145. The number of carbonyl (C=O) groups is 1. The number of H-pyrrole nitrogens is 1. The smallest absolute Gasteiger partial charge is 0.286 e. The molecule has 2 aliphatic heterocycles. The highest BCUT2D eigenvalue weighted by atomic mass is 32.2. The highest BCUT2D eigenvalue weighted by Crippen LogP contribution is 2.31. The van der Waals surface area contributed by atoms with Gasteiger partial charge in [-0.1, -0.05) is 0 Å². The average molecular weight is 276 g/mol. The number of hydrogen-bond donors (Lipinski definition) is 1. The molecular weight excluding hydrogens is 260 g/mol. The fraction of sp³-hybridized carbons (Fsp3) is 0.462. The van der Waals surface area contributed by atoms with E-state index in [0.29, 0.717) is 4.91 Å². The molecule has 1 amide bonds. The maximum Gasteiger partial charge on any atom is 0.286 e. The molecule has 2 aliphatic rings. The molecule has 1 saturated heterocycles. The van der Waals surface area contributed by atoms with Crippen LogP contribution in [-0.2, 0) is 4.79 Å². The SMILES string of the molecule is Cc1[nH]cnc1/C=C1\SC(N2CCCCC2)=NC1=O. The van der Waals surface area contributed by atoms with E-state index >= 15 is 0 Å². The number of imidazole rings is 1. The van der Waals surface area contributed by atoms with E-state index in [1.54, 1.807) is 6.33 Å². The Bertz CT molecular complexity index is 555. The first-order chi connectivity index (χ1) is 9.24. The van der Waals surface area contributed by atoms with E-state index in [9.17, 15) is 4.79 Å². The fourth-order valence-electron chi connectivity index (χ4n) is 2.26. The number of hydrogen-bond acceptors (Lipinski definition) is 4. The third kappa shape index (κ3) is 2.58. The summed E-state index contributed by atoms with van der Waals surface area (Å²) in [4.78, 5) is 26.2. The summed E-state index contributed by atoms with van der Waals surface area (Å²) in [6.07, 6.45) is 7.10. The van der Waals surface area contributed by atoms with Gasteiger partial charge in [0, 0.05) is 18.8 Å². The van der Waals surface area contributed by atoms with Gasteiger partial charge in [-0.25, -0.2) is 4.98 Å². The number of piperidine rings is 1. The van der Waals surface area contributed by atoms with Crippen LogP contribution in [0.1, 0.15) is 30.7 Å². The Labute approximate surface area is 116 Å². The molecule has 1 N–H and O–H groups in total. The van der Waals surface area contributed by atoms with Crippen LogP contribution < -0.4 is 0 Å². The van der Waals surface area contributed by atoms with E-state index in [2.05, 4.69) is 19.9 Å². The molecule has 0 spiro atoms. The van der Waals surface area contributed by atoms with Gasteiger partial charge in [-0.3, -0.25) is 4.79 Å². The van der Waals surface area contributed by atoms with Gasteiger partial charge in [-0.15, -0.1) is 0 Å². The second kappa shape index (κ2) is 5.21. The van der Waals surface area contributed by atoms with Crippen molar-refractivity contribution in [3.63, 3.8) is 0 Å². The molecule has 100 valence electrons. The first-order valence-corrected chi connectivity index (χ1v) is 7.33. The number of aryl methyl sites for hydroxylation is 1. The van der Waals surface area contributed by atoms with Crippen molar-refractivity contribution in [2.75, 3.05) is 13.1 Å². The summed E-state index contributed by atoms with van der Waals surface area (Å²) < 4.78 is 0. The zero-order valence-corrected chi connectivity index (χ0v) is 11.7. The maximum absolute atomic E-state index is 11.9. The Morgan fingerprint density at radius 1 is 1.37 bits per heavy atom. The van der Waals surface area contributed by atoms with Crippen molar-refractivity contribution in [3.05, 3.63) is 22.6 Å². The normalized spacial score (nSPS) is 22.2. The van der Waals surface area contributed by atoms with Crippen molar-refractivity contribution >= 4 is 28.9 Å². The van der Waals surface area contributed by atoms with Gasteiger partial charge < -0.3 is 9.88 Å². The number of likely N-dealkylation sites (tertiary alicyclic amines) is 1. The minimum atomic E-state index is -0.145. The number of thioether (sulfide) groups is 1. The Kier molecular flexibility index (Phi) is 3.42. The molecule has 0 aromatic carbocycles. The molecule has 0 aliphatic carbocycles. The van der Waals surface area contributed by atoms with Crippen molar-refractivity contribution < 1.29 is 4.79 Å². The first kappa shape index (κ1) is 12.5. The van der Waals surface area contributed by atoms with Gasteiger partial charge in [0.05, 0.1) is 16.9 Å². The topological polar surface area (TPSA) is 61.4 Å². The van der Waals surface area contributed by atoms with Crippen molar-refractivity contribution in [1.29, 1.82) is 0 Å². The molecule has 1 aromatic heterocycles. The van der Waals surface area contributed by atoms with Crippen molar-refractivity contribution in [1.82, 2.24) is 14.9 Å². The number of rotatable bonds is 1. The van der Waals surface area contributed by atoms with E-state index in [-0.39, 0.29) is 5.91 Å². The second-order valence-electron chi connectivity index (χ2n) is 4.77. The van der Waals surface area contributed by atoms with Crippen molar-refractivity contribution in [2.45, 2.75) is 26.2 Å². The second-order valence-corrected chi connectivity index (χ2v) is 5.78. The molecular formula is C13H16N4OS. The molecule has 0 saturated carbocycles.